The lowest BCUT2D eigenvalue weighted by atomic mass is 10.1. The number of thioether (sulfide) groups is 1. The average molecular weight is 286 g/mol. The van der Waals surface area contributed by atoms with E-state index in [0.717, 1.165) is 21.8 Å². The van der Waals surface area contributed by atoms with E-state index in [4.69, 9.17) is 10.9 Å². The zero-order chi connectivity index (χ0) is 14.5. The van der Waals surface area contributed by atoms with Gasteiger partial charge in [0.15, 0.2) is 5.84 Å². The number of hydrogen-bond acceptors (Lipinski definition) is 3. The summed E-state index contributed by atoms with van der Waals surface area (Å²) in [7, 11) is 0. The van der Waals surface area contributed by atoms with Gasteiger partial charge in [0.25, 0.3) is 0 Å². The smallest absolute Gasteiger partial charge is 0.171 e. The SMILES string of the molecule is Cc1ccccc1CSc1c(C)cccc1/C(N)=N/O. The van der Waals surface area contributed by atoms with Crippen LogP contribution >= 0.6 is 11.8 Å². The second-order valence-electron chi connectivity index (χ2n) is 4.65. The predicted octanol–water partition coefficient (Wildman–Crippen LogP) is 3.69. The molecule has 3 N–H and O–H groups in total. The summed E-state index contributed by atoms with van der Waals surface area (Å²) < 4.78 is 0. The van der Waals surface area contributed by atoms with Crippen LogP contribution in [0.2, 0.25) is 0 Å². The molecule has 0 saturated heterocycles. The van der Waals surface area contributed by atoms with E-state index in [0.29, 0.717) is 0 Å². The highest BCUT2D eigenvalue weighted by molar-refractivity contribution is 7.98. The first-order valence-electron chi connectivity index (χ1n) is 6.38. The zero-order valence-corrected chi connectivity index (χ0v) is 12.4. The highest BCUT2D eigenvalue weighted by Gasteiger charge is 2.10. The number of rotatable bonds is 4. The molecule has 0 amide bonds. The Labute approximate surface area is 123 Å². The number of aryl methyl sites for hydroxylation is 2. The van der Waals surface area contributed by atoms with Gasteiger partial charge in [-0.25, -0.2) is 0 Å². The fraction of sp³-hybridized carbons (Fsp3) is 0.188. The summed E-state index contributed by atoms with van der Waals surface area (Å²) in [6.45, 7) is 4.15. The van der Waals surface area contributed by atoms with Crippen molar-refractivity contribution in [3.05, 3.63) is 64.7 Å². The van der Waals surface area contributed by atoms with Crippen molar-refractivity contribution in [3.8, 4) is 0 Å². The number of oxime groups is 1. The molecule has 2 aromatic rings. The molecule has 0 aliphatic heterocycles. The fourth-order valence-corrected chi connectivity index (χ4v) is 3.27. The largest absolute Gasteiger partial charge is 0.409 e. The van der Waals surface area contributed by atoms with Gasteiger partial charge < -0.3 is 10.9 Å². The van der Waals surface area contributed by atoms with Gasteiger partial charge in [0.2, 0.25) is 0 Å². The molecule has 20 heavy (non-hydrogen) atoms. The third kappa shape index (κ3) is 3.14. The minimum atomic E-state index is 0.154. The zero-order valence-electron chi connectivity index (χ0n) is 11.6. The molecular weight excluding hydrogens is 268 g/mol. The van der Waals surface area contributed by atoms with Crippen LogP contribution in [0.1, 0.15) is 22.3 Å². The Kier molecular flexibility index (Phi) is 4.69. The molecule has 4 heteroatoms. The molecule has 3 nitrogen and oxygen atoms in total. The highest BCUT2D eigenvalue weighted by Crippen LogP contribution is 2.30. The maximum absolute atomic E-state index is 8.89. The van der Waals surface area contributed by atoms with E-state index in [1.165, 1.54) is 11.1 Å². The van der Waals surface area contributed by atoms with Crippen molar-refractivity contribution in [1.29, 1.82) is 0 Å². The van der Waals surface area contributed by atoms with Crippen molar-refractivity contribution >= 4 is 17.6 Å². The predicted molar refractivity (Wildman–Crippen MR) is 84.4 cm³/mol. The van der Waals surface area contributed by atoms with Gasteiger partial charge in [-0.05, 0) is 30.5 Å². The highest BCUT2D eigenvalue weighted by atomic mass is 32.2. The number of benzene rings is 2. The normalized spacial score (nSPS) is 11.6. The summed E-state index contributed by atoms with van der Waals surface area (Å²) >= 11 is 1.71. The summed E-state index contributed by atoms with van der Waals surface area (Å²) in [5, 5.41) is 12.0. The first-order valence-corrected chi connectivity index (χ1v) is 7.37. The van der Waals surface area contributed by atoms with Crippen molar-refractivity contribution < 1.29 is 5.21 Å². The quantitative estimate of drug-likeness (QED) is 0.296. The van der Waals surface area contributed by atoms with Crippen LogP contribution < -0.4 is 5.73 Å². The van der Waals surface area contributed by atoms with Crippen LogP contribution in [-0.2, 0) is 5.75 Å². The van der Waals surface area contributed by atoms with E-state index in [9.17, 15) is 0 Å². The molecule has 0 saturated carbocycles. The minimum absolute atomic E-state index is 0.154. The second kappa shape index (κ2) is 6.48. The van der Waals surface area contributed by atoms with Crippen LogP contribution in [0.4, 0.5) is 0 Å². The lowest BCUT2D eigenvalue weighted by molar-refractivity contribution is 0.318. The third-order valence-corrected chi connectivity index (χ3v) is 4.51. The maximum atomic E-state index is 8.89. The molecule has 0 aromatic heterocycles. The minimum Gasteiger partial charge on any atom is -0.409 e. The van der Waals surface area contributed by atoms with Gasteiger partial charge >= 0.3 is 0 Å². The van der Waals surface area contributed by atoms with Crippen molar-refractivity contribution in [3.63, 3.8) is 0 Å². The fourth-order valence-electron chi connectivity index (χ4n) is 2.02. The van der Waals surface area contributed by atoms with Crippen molar-refractivity contribution in [2.75, 3.05) is 0 Å². The number of nitrogens with zero attached hydrogens (tertiary/aromatic N) is 1. The van der Waals surface area contributed by atoms with Crippen LogP contribution in [0.25, 0.3) is 0 Å². The lowest BCUT2D eigenvalue weighted by Gasteiger charge is -2.12. The molecule has 0 aliphatic carbocycles. The first kappa shape index (κ1) is 14.5. The molecule has 0 radical (unpaired) electrons. The van der Waals surface area contributed by atoms with Gasteiger partial charge in [-0.1, -0.05) is 47.6 Å². The average Bonchev–Trinajstić information content (AvgIpc) is 2.46. The molecular formula is C16H18N2OS. The van der Waals surface area contributed by atoms with E-state index in [-0.39, 0.29) is 5.84 Å². The Morgan fingerprint density at radius 2 is 1.80 bits per heavy atom. The van der Waals surface area contributed by atoms with E-state index < -0.39 is 0 Å². The first-order chi connectivity index (χ1) is 9.63. The van der Waals surface area contributed by atoms with Crippen molar-refractivity contribution in [1.82, 2.24) is 0 Å². The summed E-state index contributed by atoms with van der Waals surface area (Å²) in [5.74, 6) is 1.02. The Bertz CT molecular complexity index is 638. The van der Waals surface area contributed by atoms with E-state index in [1.807, 2.05) is 37.3 Å². The van der Waals surface area contributed by atoms with Gasteiger partial charge in [0.05, 0.1) is 0 Å². The standard InChI is InChI=1S/C16H18N2OS/c1-11-6-3-4-8-13(11)10-20-15-12(2)7-5-9-14(15)16(17)18-19/h3-9,19H,10H2,1-2H3,(H2,17,18). The lowest BCUT2D eigenvalue weighted by Crippen LogP contribution is -2.14. The van der Waals surface area contributed by atoms with E-state index >= 15 is 0 Å². The van der Waals surface area contributed by atoms with Gasteiger partial charge in [0.1, 0.15) is 0 Å². The van der Waals surface area contributed by atoms with Gasteiger partial charge in [0, 0.05) is 16.2 Å². The van der Waals surface area contributed by atoms with E-state index in [2.05, 4.69) is 24.2 Å². The van der Waals surface area contributed by atoms with Crippen molar-refractivity contribution in [2.24, 2.45) is 10.9 Å². The van der Waals surface area contributed by atoms with Crippen LogP contribution in [0.15, 0.2) is 52.5 Å². The Morgan fingerprint density at radius 1 is 1.10 bits per heavy atom. The number of hydrogen-bond donors (Lipinski definition) is 2. The molecule has 0 aliphatic rings. The maximum Gasteiger partial charge on any atom is 0.171 e. The summed E-state index contributed by atoms with van der Waals surface area (Å²) in [6.07, 6.45) is 0. The molecule has 0 heterocycles. The molecule has 0 spiro atoms. The van der Waals surface area contributed by atoms with Gasteiger partial charge in [-0.15, -0.1) is 11.8 Å². The number of nitrogens with two attached hydrogens (primary N) is 1. The van der Waals surface area contributed by atoms with Crippen LogP contribution in [0.3, 0.4) is 0 Å². The van der Waals surface area contributed by atoms with Gasteiger partial charge in [-0.3, -0.25) is 0 Å². The van der Waals surface area contributed by atoms with Crippen molar-refractivity contribution in [2.45, 2.75) is 24.5 Å². The van der Waals surface area contributed by atoms with E-state index in [1.54, 1.807) is 11.8 Å². The molecule has 2 aromatic carbocycles. The summed E-state index contributed by atoms with van der Waals surface area (Å²) in [5.41, 5.74) is 10.2. The van der Waals surface area contributed by atoms with Crippen LogP contribution in [0, 0.1) is 13.8 Å². The number of amidine groups is 1. The molecule has 0 bridgehead atoms. The molecule has 0 unspecified atom stereocenters. The van der Waals surface area contributed by atoms with Crippen LogP contribution in [-0.4, -0.2) is 11.0 Å². The molecule has 104 valence electrons. The Balaban J connectivity index is 2.28. The van der Waals surface area contributed by atoms with Crippen LogP contribution in [0.5, 0.6) is 0 Å². The second-order valence-corrected chi connectivity index (χ2v) is 5.64. The summed E-state index contributed by atoms with van der Waals surface area (Å²) in [4.78, 5) is 1.06. The summed E-state index contributed by atoms with van der Waals surface area (Å²) in [6, 6.07) is 14.2. The molecule has 2 rings (SSSR count). The monoisotopic (exact) mass is 286 g/mol. The molecule has 0 atom stereocenters. The third-order valence-electron chi connectivity index (χ3n) is 3.23. The molecule has 0 fully saturated rings. The Hall–Kier alpha value is -1.94. The Morgan fingerprint density at radius 3 is 2.50 bits per heavy atom. The van der Waals surface area contributed by atoms with Gasteiger partial charge in [-0.2, -0.15) is 0 Å². The topological polar surface area (TPSA) is 58.6 Å².